The molecule has 2 rings (SSSR count). The molecule has 0 atom stereocenters. The fraction of sp³-hybridized carbons (Fsp3) is 0.600. The van der Waals surface area contributed by atoms with Crippen molar-refractivity contribution in [1.82, 2.24) is 9.97 Å². The predicted octanol–water partition coefficient (Wildman–Crippen LogP) is 2.17. The molecule has 3 nitrogen and oxygen atoms in total. The Balaban J connectivity index is 1.91. The lowest BCUT2D eigenvalue weighted by Crippen LogP contribution is -2.05. The summed E-state index contributed by atoms with van der Waals surface area (Å²) in [6.07, 6.45) is 8.89. The number of ketones is 1. The molecule has 0 aromatic carbocycles. The molecule has 3 heteroatoms. The molecule has 0 saturated heterocycles. The number of carbonyl (C=O) groups is 1. The van der Waals surface area contributed by atoms with E-state index >= 15 is 0 Å². The summed E-state index contributed by atoms with van der Waals surface area (Å²) in [5.74, 6) is 0.834. The maximum absolute atomic E-state index is 11.6. The van der Waals surface area contributed by atoms with Crippen LogP contribution in [0.1, 0.15) is 42.6 Å². The van der Waals surface area contributed by atoms with Gasteiger partial charge in [-0.1, -0.05) is 25.7 Å². The number of hydrogen-bond donors (Lipinski definition) is 1. The SMILES string of the molecule is O=C(CC1CCCC1)c1cnc[nH]1. The summed E-state index contributed by atoms with van der Waals surface area (Å²) in [6.45, 7) is 0. The highest BCUT2D eigenvalue weighted by atomic mass is 16.1. The van der Waals surface area contributed by atoms with Gasteiger partial charge >= 0.3 is 0 Å². The largest absolute Gasteiger partial charge is 0.342 e. The maximum Gasteiger partial charge on any atom is 0.180 e. The normalized spacial score (nSPS) is 17.8. The summed E-state index contributed by atoms with van der Waals surface area (Å²) >= 11 is 0. The van der Waals surface area contributed by atoms with Gasteiger partial charge in [0.1, 0.15) is 5.69 Å². The molecule has 1 heterocycles. The minimum absolute atomic E-state index is 0.212. The van der Waals surface area contributed by atoms with E-state index in [0.717, 1.165) is 0 Å². The quantitative estimate of drug-likeness (QED) is 0.721. The zero-order valence-electron chi connectivity index (χ0n) is 7.62. The summed E-state index contributed by atoms with van der Waals surface area (Å²) in [7, 11) is 0. The van der Waals surface area contributed by atoms with E-state index in [1.807, 2.05) is 0 Å². The van der Waals surface area contributed by atoms with Crippen molar-refractivity contribution < 1.29 is 4.79 Å². The van der Waals surface area contributed by atoms with E-state index in [1.54, 1.807) is 12.5 Å². The van der Waals surface area contributed by atoms with Crippen LogP contribution in [0.3, 0.4) is 0 Å². The van der Waals surface area contributed by atoms with Crippen LogP contribution >= 0.6 is 0 Å². The van der Waals surface area contributed by atoms with Crippen molar-refractivity contribution in [3.63, 3.8) is 0 Å². The van der Waals surface area contributed by atoms with Crippen molar-refractivity contribution in [3.05, 3.63) is 18.2 Å². The zero-order valence-corrected chi connectivity index (χ0v) is 7.62. The molecule has 13 heavy (non-hydrogen) atoms. The summed E-state index contributed by atoms with van der Waals surface area (Å²) in [6, 6.07) is 0. The second kappa shape index (κ2) is 3.73. The molecule has 1 aliphatic rings. The van der Waals surface area contributed by atoms with Gasteiger partial charge in [-0.2, -0.15) is 0 Å². The molecule has 0 bridgehead atoms. The first-order valence-electron chi connectivity index (χ1n) is 4.88. The standard InChI is InChI=1S/C10H14N2O/c13-10(9-6-11-7-12-9)5-8-3-1-2-4-8/h6-8H,1-5H2,(H,11,12). The number of rotatable bonds is 3. The van der Waals surface area contributed by atoms with Gasteiger partial charge in [-0.3, -0.25) is 4.79 Å². The predicted molar refractivity (Wildman–Crippen MR) is 49.5 cm³/mol. The van der Waals surface area contributed by atoms with Gasteiger partial charge < -0.3 is 4.98 Å². The Hall–Kier alpha value is -1.12. The third-order valence-corrected chi connectivity index (χ3v) is 2.75. The molecule has 0 spiro atoms. The van der Waals surface area contributed by atoms with Crippen molar-refractivity contribution in [1.29, 1.82) is 0 Å². The molecule has 70 valence electrons. The summed E-state index contributed by atoms with van der Waals surface area (Å²) < 4.78 is 0. The number of Topliss-reactive ketones (excluding diaryl/α,β-unsaturated/α-hetero) is 1. The van der Waals surface area contributed by atoms with E-state index < -0.39 is 0 Å². The van der Waals surface area contributed by atoms with Crippen LogP contribution in [0, 0.1) is 5.92 Å². The van der Waals surface area contributed by atoms with Crippen LogP contribution in [0.5, 0.6) is 0 Å². The fourth-order valence-corrected chi connectivity index (χ4v) is 2.00. The Morgan fingerprint density at radius 2 is 2.31 bits per heavy atom. The highest BCUT2D eigenvalue weighted by molar-refractivity contribution is 5.94. The van der Waals surface area contributed by atoms with Gasteiger partial charge in [0, 0.05) is 6.42 Å². The maximum atomic E-state index is 11.6. The van der Waals surface area contributed by atoms with Crippen LogP contribution in [0.4, 0.5) is 0 Å². The number of aromatic amines is 1. The van der Waals surface area contributed by atoms with E-state index in [4.69, 9.17) is 0 Å². The first-order valence-corrected chi connectivity index (χ1v) is 4.88. The lowest BCUT2D eigenvalue weighted by molar-refractivity contribution is 0.0958. The van der Waals surface area contributed by atoms with E-state index in [-0.39, 0.29) is 5.78 Å². The fourth-order valence-electron chi connectivity index (χ4n) is 2.00. The molecular formula is C10H14N2O. The van der Waals surface area contributed by atoms with E-state index in [1.165, 1.54) is 25.7 Å². The molecule has 0 unspecified atom stereocenters. The van der Waals surface area contributed by atoms with Gasteiger partial charge in [0.05, 0.1) is 12.5 Å². The molecule has 1 saturated carbocycles. The third kappa shape index (κ3) is 1.97. The number of nitrogens with one attached hydrogen (secondary N) is 1. The van der Waals surface area contributed by atoms with Crippen LogP contribution in [-0.4, -0.2) is 15.8 Å². The van der Waals surface area contributed by atoms with E-state index in [0.29, 0.717) is 18.0 Å². The summed E-state index contributed by atoms with van der Waals surface area (Å²) in [5, 5.41) is 0. The Bertz CT molecular complexity index is 273. The number of H-pyrrole nitrogens is 1. The molecule has 1 fully saturated rings. The van der Waals surface area contributed by atoms with Crippen LogP contribution in [0.25, 0.3) is 0 Å². The summed E-state index contributed by atoms with van der Waals surface area (Å²) in [5.41, 5.74) is 0.659. The van der Waals surface area contributed by atoms with Crippen molar-refractivity contribution in [2.24, 2.45) is 5.92 Å². The van der Waals surface area contributed by atoms with Crippen molar-refractivity contribution in [3.8, 4) is 0 Å². The second-order valence-corrected chi connectivity index (χ2v) is 3.74. The number of hydrogen-bond acceptors (Lipinski definition) is 2. The Morgan fingerprint density at radius 3 is 2.92 bits per heavy atom. The summed E-state index contributed by atoms with van der Waals surface area (Å²) in [4.78, 5) is 18.3. The number of imidazole rings is 1. The van der Waals surface area contributed by atoms with Crippen LogP contribution < -0.4 is 0 Å². The van der Waals surface area contributed by atoms with E-state index in [2.05, 4.69) is 9.97 Å². The second-order valence-electron chi connectivity index (χ2n) is 3.74. The molecule has 1 aliphatic carbocycles. The van der Waals surface area contributed by atoms with Crippen LogP contribution in [-0.2, 0) is 0 Å². The lowest BCUT2D eigenvalue weighted by atomic mass is 10.00. The number of nitrogens with zero attached hydrogens (tertiary/aromatic N) is 1. The Labute approximate surface area is 77.6 Å². The molecule has 1 aromatic rings. The molecule has 0 aliphatic heterocycles. The van der Waals surface area contributed by atoms with Gasteiger partial charge in [-0.25, -0.2) is 4.98 Å². The van der Waals surface area contributed by atoms with Crippen molar-refractivity contribution in [2.75, 3.05) is 0 Å². The van der Waals surface area contributed by atoms with Crippen molar-refractivity contribution in [2.45, 2.75) is 32.1 Å². The smallest absolute Gasteiger partial charge is 0.180 e. The molecule has 1 aromatic heterocycles. The molecule has 1 N–H and O–H groups in total. The lowest BCUT2D eigenvalue weighted by Gasteiger charge is -2.05. The first-order chi connectivity index (χ1) is 6.36. The van der Waals surface area contributed by atoms with Gasteiger partial charge in [-0.15, -0.1) is 0 Å². The topological polar surface area (TPSA) is 45.8 Å². The van der Waals surface area contributed by atoms with Gasteiger partial charge in [0.15, 0.2) is 5.78 Å². The average molecular weight is 178 g/mol. The van der Waals surface area contributed by atoms with E-state index in [9.17, 15) is 4.79 Å². The van der Waals surface area contributed by atoms with Crippen LogP contribution in [0.2, 0.25) is 0 Å². The number of aromatic nitrogens is 2. The Morgan fingerprint density at radius 1 is 1.54 bits per heavy atom. The minimum Gasteiger partial charge on any atom is -0.342 e. The molecule has 0 radical (unpaired) electrons. The monoisotopic (exact) mass is 178 g/mol. The van der Waals surface area contributed by atoms with Gasteiger partial charge in [0.2, 0.25) is 0 Å². The zero-order chi connectivity index (χ0) is 9.10. The van der Waals surface area contributed by atoms with Crippen LogP contribution in [0.15, 0.2) is 12.5 Å². The van der Waals surface area contributed by atoms with Gasteiger partial charge in [0.25, 0.3) is 0 Å². The highest BCUT2D eigenvalue weighted by Crippen LogP contribution is 2.28. The molecule has 0 amide bonds. The van der Waals surface area contributed by atoms with Crippen molar-refractivity contribution >= 4 is 5.78 Å². The third-order valence-electron chi connectivity index (χ3n) is 2.75. The molecular weight excluding hydrogens is 164 g/mol. The highest BCUT2D eigenvalue weighted by Gasteiger charge is 2.19. The average Bonchev–Trinajstić information content (AvgIpc) is 2.74. The van der Waals surface area contributed by atoms with Gasteiger partial charge in [-0.05, 0) is 5.92 Å². The Kier molecular flexibility index (Phi) is 2.43. The number of carbonyl (C=O) groups excluding carboxylic acids is 1. The minimum atomic E-state index is 0.212. The first kappa shape index (κ1) is 8.48.